The molecule has 128 valence electrons. The Bertz CT molecular complexity index is 644. The molecule has 0 radical (unpaired) electrons. The zero-order valence-corrected chi connectivity index (χ0v) is 14.1. The molecule has 1 aromatic heterocycles. The fraction of sp³-hybridized carbons (Fsp3) is 0.368. The van der Waals surface area contributed by atoms with E-state index < -0.39 is 6.10 Å². The van der Waals surface area contributed by atoms with Crippen molar-refractivity contribution < 1.29 is 14.6 Å². The lowest BCUT2D eigenvalue weighted by Gasteiger charge is -2.15. The Hall–Kier alpha value is -2.40. The predicted molar refractivity (Wildman–Crippen MR) is 92.7 cm³/mol. The van der Waals surface area contributed by atoms with Gasteiger partial charge in [0.05, 0.1) is 12.2 Å². The van der Waals surface area contributed by atoms with Crippen LogP contribution in [0.3, 0.4) is 0 Å². The summed E-state index contributed by atoms with van der Waals surface area (Å²) in [6.07, 6.45) is 1.95. The van der Waals surface area contributed by atoms with Gasteiger partial charge in [0, 0.05) is 24.9 Å². The molecular weight excluding hydrogens is 304 g/mol. The first-order valence-corrected chi connectivity index (χ1v) is 8.16. The minimum absolute atomic E-state index is 0.0729. The van der Waals surface area contributed by atoms with Crippen molar-refractivity contribution in [1.82, 2.24) is 10.3 Å². The summed E-state index contributed by atoms with van der Waals surface area (Å²) in [5.41, 5.74) is 1.60. The van der Waals surface area contributed by atoms with Gasteiger partial charge in [-0.1, -0.05) is 18.2 Å². The van der Waals surface area contributed by atoms with Gasteiger partial charge in [-0.25, -0.2) is 0 Å². The fourth-order valence-electron chi connectivity index (χ4n) is 2.27. The Morgan fingerprint density at radius 3 is 2.79 bits per heavy atom. The maximum absolute atomic E-state index is 11.9. The van der Waals surface area contributed by atoms with E-state index in [9.17, 15) is 9.90 Å². The summed E-state index contributed by atoms with van der Waals surface area (Å²) >= 11 is 0. The number of amides is 1. The monoisotopic (exact) mass is 328 g/mol. The van der Waals surface area contributed by atoms with Crippen LogP contribution in [0.25, 0.3) is 0 Å². The van der Waals surface area contributed by atoms with Crippen LogP contribution in [0.5, 0.6) is 5.75 Å². The van der Waals surface area contributed by atoms with Crippen molar-refractivity contribution in [2.75, 3.05) is 6.54 Å². The number of rotatable bonds is 8. The molecule has 1 amide bonds. The number of aliphatic hydroxyl groups is 1. The van der Waals surface area contributed by atoms with Crippen LogP contribution in [0.15, 0.2) is 48.7 Å². The van der Waals surface area contributed by atoms with Crippen LogP contribution in [-0.4, -0.2) is 28.6 Å². The van der Waals surface area contributed by atoms with E-state index in [2.05, 4.69) is 10.3 Å². The molecule has 24 heavy (non-hydrogen) atoms. The Morgan fingerprint density at radius 2 is 2.08 bits per heavy atom. The van der Waals surface area contributed by atoms with Gasteiger partial charge in [0.25, 0.3) is 0 Å². The molecule has 2 rings (SSSR count). The highest BCUT2D eigenvalue weighted by Gasteiger charge is 2.11. The number of hydrogen-bond acceptors (Lipinski definition) is 4. The molecule has 0 saturated heterocycles. The molecule has 0 bridgehead atoms. The summed E-state index contributed by atoms with van der Waals surface area (Å²) in [4.78, 5) is 16.1. The standard InChI is InChI=1S/C19H24N2O3/c1-14(2)24-17-8-5-6-15(12-17)18(22)13-21-19(23)10-9-16-7-3-4-11-20-16/h3-8,11-12,14,18,22H,9-10,13H2,1-2H3,(H,21,23). The Kier molecular flexibility index (Phi) is 6.75. The third kappa shape index (κ3) is 6.01. The van der Waals surface area contributed by atoms with E-state index in [4.69, 9.17) is 4.74 Å². The topological polar surface area (TPSA) is 71.5 Å². The number of nitrogens with zero attached hydrogens (tertiary/aromatic N) is 1. The smallest absolute Gasteiger partial charge is 0.220 e. The van der Waals surface area contributed by atoms with Crippen molar-refractivity contribution in [2.24, 2.45) is 0 Å². The van der Waals surface area contributed by atoms with E-state index in [1.54, 1.807) is 12.3 Å². The van der Waals surface area contributed by atoms with E-state index >= 15 is 0 Å². The van der Waals surface area contributed by atoms with Crippen LogP contribution < -0.4 is 10.1 Å². The lowest BCUT2D eigenvalue weighted by atomic mass is 10.1. The van der Waals surface area contributed by atoms with E-state index in [-0.39, 0.29) is 18.6 Å². The Balaban J connectivity index is 1.79. The van der Waals surface area contributed by atoms with Gasteiger partial charge in [-0.2, -0.15) is 0 Å². The van der Waals surface area contributed by atoms with Gasteiger partial charge in [-0.05, 0) is 50.1 Å². The molecule has 0 aliphatic rings. The summed E-state index contributed by atoms with van der Waals surface area (Å²) < 4.78 is 5.61. The quantitative estimate of drug-likeness (QED) is 0.781. The molecule has 2 N–H and O–H groups in total. The zero-order chi connectivity index (χ0) is 17.4. The van der Waals surface area contributed by atoms with Crippen molar-refractivity contribution in [3.63, 3.8) is 0 Å². The number of carbonyl (C=O) groups excluding carboxylic acids is 1. The van der Waals surface area contributed by atoms with Gasteiger partial charge in [-0.3, -0.25) is 9.78 Å². The summed E-state index contributed by atoms with van der Waals surface area (Å²) in [5, 5.41) is 13.0. The highest BCUT2D eigenvalue weighted by Crippen LogP contribution is 2.20. The molecule has 0 spiro atoms. The molecule has 0 fully saturated rings. The van der Waals surface area contributed by atoms with Gasteiger partial charge >= 0.3 is 0 Å². The summed E-state index contributed by atoms with van der Waals surface area (Å²) in [7, 11) is 0. The third-order valence-corrected chi connectivity index (χ3v) is 3.44. The van der Waals surface area contributed by atoms with Crippen LogP contribution in [0, 0.1) is 0 Å². The van der Waals surface area contributed by atoms with Crippen LogP contribution in [0.4, 0.5) is 0 Å². The molecule has 1 atom stereocenters. The number of benzene rings is 1. The molecule has 0 aliphatic heterocycles. The fourth-order valence-corrected chi connectivity index (χ4v) is 2.27. The largest absolute Gasteiger partial charge is 0.491 e. The second-order valence-electron chi connectivity index (χ2n) is 5.88. The second kappa shape index (κ2) is 9.03. The van der Waals surface area contributed by atoms with Gasteiger partial charge in [-0.15, -0.1) is 0 Å². The number of pyridine rings is 1. The molecule has 0 saturated carbocycles. The van der Waals surface area contributed by atoms with Gasteiger partial charge < -0.3 is 15.2 Å². The minimum Gasteiger partial charge on any atom is -0.491 e. The molecular formula is C19H24N2O3. The predicted octanol–water partition coefficient (Wildman–Crippen LogP) is 2.65. The van der Waals surface area contributed by atoms with Crippen molar-refractivity contribution in [2.45, 2.75) is 38.9 Å². The van der Waals surface area contributed by atoms with E-state index in [1.165, 1.54) is 0 Å². The molecule has 5 nitrogen and oxygen atoms in total. The van der Waals surface area contributed by atoms with Crippen LogP contribution in [0.1, 0.15) is 37.6 Å². The van der Waals surface area contributed by atoms with E-state index in [0.29, 0.717) is 18.6 Å². The Labute approximate surface area is 142 Å². The normalized spacial score (nSPS) is 12.0. The minimum atomic E-state index is -0.764. The van der Waals surface area contributed by atoms with Crippen LogP contribution in [-0.2, 0) is 11.2 Å². The van der Waals surface area contributed by atoms with Gasteiger partial charge in [0.2, 0.25) is 5.91 Å². The molecule has 5 heteroatoms. The maximum atomic E-state index is 11.9. The van der Waals surface area contributed by atoms with Crippen molar-refractivity contribution in [3.05, 3.63) is 59.9 Å². The van der Waals surface area contributed by atoms with Crippen LogP contribution in [0.2, 0.25) is 0 Å². The number of carbonyl (C=O) groups is 1. The molecule has 1 unspecified atom stereocenters. The first-order valence-electron chi connectivity index (χ1n) is 8.16. The number of ether oxygens (including phenoxy) is 1. The summed E-state index contributed by atoms with van der Waals surface area (Å²) in [6, 6.07) is 12.9. The molecule has 2 aromatic rings. The van der Waals surface area contributed by atoms with E-state index in [0.717, 1.165) is 11.3 Å². The Morgan fingerprint density at radius 1 is 1.25 bits per heavy atom. The first kappa shape index (κ1) is 17.9. The number of hydrogen-bond donors (Lipinski definition) is 2. The average Bonchev–Trinajstić information content (AvgIpc) is 2.58. The molecule has 0 aliphatic carbocycles. The zero-order valence-electron chi connectivity index (χ0n) is 14.1. The SMILES string of the molecule is CC(C)Oc1cccc(C(O)CNC(=O)CCc2ccccn2)c1. The highest BCUT2D eigenvalue weighted by atomic mass is 16.5. The lowest BCUT2D eigenvalue weighted by Crippen LogP contribution is -2.28. The first-order chi connectivity index (χ1) is 11.5. The number of aryl methyl sites for hydroxylation is 1. The van der Waals surface area contributed by atoms with Gasteiger partial charge in [0.15, 0.2) is 0 Å². The lowest BCUT2D eigenvalue weighted by molar-refractivity contribution is -0.121. The van der Waals surface area contributed by atoms with E-state index in [1.807, 2.05) is 50.2 Å². The van der Waals surface area contributed by atoms with Crippen molar-refractivity contribution in [1.29, 1.82) is 0 Å². The summed E-state index contributed by atoms with van der Waals surface area (Å²) in [6.45, 7) is 4.07. The average molecular weight is 328 g/mol. The molecule has 1 heterocycles. The third-order valence-electron chi connectivity index (χ3n) is 3.44. The maximum Gasteiger partial charge on any atom is 0.220 e. The molecule has 1 aromatic carbocycles. The van der Waals surface area contributed by atoms with Crippen molar-refractivity contribution >= 4 is 5.91 Å². The van der Waals surface area contributed by atoms with Gasteiger partial charge in [0.1, 0.15) is 5.75 Å². The summed E-state index contributed by atoms with van der Waals surface area (Å²) in [5.74, 6) is 0.609. The number of aromatic nitrogens is 1. The number of nitrogens with one attached hydrogen (secondary N) is 1. The second-order valence-corrected chi connectivity index (χ2v) is 5.88. The number of aliphatic hydroxyl groups excluding tert-OH is 1. The van der Waals surface area contributed by atoms with Crippen LogP contribution >= 0.6 is 0 Å². The highest BCUT2D eigenvalue weighted by molar-refractivity contribution is 5.76. The van der Waals surface area contributed by atoms with Crippen molar-refractivity contribution in [3.8, 4) is 5.75 Å².